The molecule has 27 heavy (non-hydrogen) atoms. The minimum atomic E-state index is 0.431. The Morgan fingerprint density at radius 3 is 2.96 bits per heavy atom. The van der Waals surface area contributed by atoms with E-state index in [2.05, 4.69) is 36.3 Å². The molecule has 0 aliphatic carbocycles. The van der Waals surface area contributed by atoms with Gasteiger partial charge in [0.05, 0.1) is 23.3 Å². The summed E-state index contributed by atoms with van der Waals surface area (Å²) < 4.78 is 13.1. The summed E-state index contributed by atoms with van der Waals surface area (Å²) in [6.45, 7) is 0. The summed E-state index contributed by atoms with van der Waals surface area (Å²) in [4.78, 5) is 5.34. The number of rotatable bonds is 6. The second kappa shape index (κ2) is 7.71. The molecule has 2 N–H and O–H groups in total. The highest BCUT2D eigenvalue weighted by Gasteiger charge is 2.17. The quantitative estimate of drug-likeness (QED) is 0.338. The lowest BCUT2D eigenvalue weighted by Gasteiger charge is -2.07. The average molecular weight is 465 g/mol. The Balaban J connectivity index is 1.50. The van der Waals surface area contributed by atoms with Gasteiger partial charge >= 0.3 is 0 Å². The van der Waals surface area contributed by atoms with Crippen molar-refractivity contribution in [2.45, 2.75) is 10.9 Å². The molecule has 0 amide bonds. The molecule has 0 fully saturated rings. The minimum Gasteiger partial charge on any atom is -0.496 e. The number of aromatic nitrogens is 5. The van der Waals surface area contributed by atoms with Crippen LogP contribution in [0.4, 0.5) is 0 Å². The Labute approximate surface area is 170 Å². The van der Waals surface area contributed by atoms with Gasteiger partial charge < -0.3 is 15.1 Å². The molecule has 0 radical (unpaired) electrons. The van der Waals surface area contributed by atoms with Crippen LogP contribution in [0.3, 0.4) is 0 Å². The van der Waals surface area contributed by atoms with E-state index in [0.29, 0.717) is 34.2 Å². The maximum Gasteiger partial charge on any atom is 0.237 e. The van der Waals surface area contributed by atoms with E-state index in [1.165, 1.54) is 16.4 Å². The van der Waals surface area contributed by atoms with Gasteiger partial charge in [0.15, 0.2) is 5.82 Å². The van der Waals surface area contributed by atoms with E-state index in [9.17, 15) is 0 Å². The fraction of sp³-hybridized carbons (Fsp3) is 0.125. The van der Waals surface area contributed by atoms with Crippen LogP contribution in [0.15, 0.2) is 49.9 Å². The molecule has 3 aromatic heterocycles. The highest BCUT2D eigenvalue weighted by Crippen LogP contribution is 2.31. The molecule has 0 saturated heterocycles. The highest BCUT2D eigenvalue weighted by atomic mass is 79.9. The van der Waals surface area contributed by atoms with E-state index >= 15 is 0 Å². The van der Waals surface area contributed by atoms with Crippen molar-refractivity contribution >= 4 is 39.0 Å². The smallest absolute Gasteiger partial charge is 0.237 e. The summed E-state index contributed by atoms with van der Waals surface area (Å²) in [5.41, 5.74) is 0.769. The van der Waals surface area contributed by atoms with Crippen LogP contribution in [-0.2, 0) is 5.75 Å². The molecule has 3 heterocycles. The Bertz CT molecular complexity index is 1080. The van der Waals surface area contributed by atoms with Crippen LogP contribution in [0.1, 0.15) is 5.89 Å². The second-order valence-electron chi connectivity index (χ2n) is 5.31. The number of thioether (sulfide) groups is 1. The van der Waals surface area contributed by atoms with Crippen molar-refractivity contribution in [2.75, 3.05) is 13.0 Å². The van der Waals surface area contributed by atoms with Crippen LogP contribution in [0.2, 0.25) is 0 Å². The van der Waals surface area contributed by atoms with E-state index in [1.54, 1.807) is 18.4 Å². The maximum absolute atomic E-state index is 6.17. The molecule has 0 saturated carbocycles. The first-order valence-corrected chi connectivity index (χ1v) is 10.3. The fourth-order valence-electron chi connectivity index (χ4n) is 2.36. The lowest BCUT2D eigenvalue weighted by atomic mass is 10.2. The molecule has 0 aliphatic rings. The normalized spacial score (nSPS) is 11.0. The number of benzene rings is 1. The van der Waals surface area contributed by atoms with Crippen molar-refractivity contribution in [3.63, 3.8) is 0 Å². The standard InChI is InChI=1S/C16H13BrN6O2S2/c1-24-11-5-3-2-4-10(11)15-20-21-16(23(15)18)27-8-13-19-14(22-25-13)12-6-9(17)7-26-12/h2-7H,8,18H2,1H3. The molecule has 0 bridgehead atoms. The van der Waals surface area contributed by atoms with Crippen molar-refractivity contribution in [1.29, 1.82) is 0 Å². The molecule has 4 aromatic rings. The van der Waals surface area contributed by atoms with E-state index in [0.717, 1.165) is 14.9 Å². The first-order valence-electron chi connectivity index (χ1n) is 7.69. The molecule has 0 atom stereocenters. The van der Waals surface area contributed by atoms with Gasteiger partial charge in [-0.25, -0.2) is 4.68 Å². The van der Waals surface area contributed by atoms with Gasteiger partial charge in [-0.3, -0.25) is 0 Å². The fourth-order valence-corrected chi connectivity index (χ4v) is 4.40. The Morgan fingerprint density at radius 1 is 1.33 bits per heavy atom. The summed E-state index contributed by atoms with van der Waals surface area (Å²) in [6, 6.07) is 9.45. The van der Waals surface area contributed by atoms with E-state index in [-0.39, 0.29) is 0 Å². The Hall–Kier alpha value is -2.37. The van der Waals surface area contributed by atoms with Crippen molar-refractivity contribution in [2.24, 2.45) is 0 Å². The molecular weight excluding hydrogens is 452 g/mol. The van der Waals surface area contributed by atoms with E-state index < -0.39 is 0 Å². The zero-order valence-corrected chi connectivity index (χ0v) is 17.2. The minimum absolute atomic E-state index is 0.431. The third kappa shape index (κ3) is 3.70. The molecule has 0 unspecified atom stereocenters. The highest BCUT2D eigenvalue weighted by molar-refractivity contribution is 9.10. The summed E-state index contributed by atoms with van der Waals surface area (Å²) in [5.74, 6) is 8.84. The lowest BCUT2D eigenvalue weighted by molar-refractivity contribution is 0.391. The number of nitrogens with zero attached hydrogens (tertiary/aromatic N) is 5. The van der Waals surface area contributed by atoms with Crippen molar-refractivity contribution in [3.8, 4) is 27.8 Å². The van der Waals surface area contributed by atoms with Crippen LogP contribution in [-0.4, -0.2) is 32.1 Å². The number of para-hydroxylation sites is 1. The van der Waals surface area contributed by atoms with Gasteiger partial charge in [-0.2, -0.15) is 4.98 Å². The van der Waals surface area contributed by atoms with Crippen LogP contribution in [0.5, 0.6) is 5.75 Å². The van der Waals surface area contributed by atoms with Gasteiger partial charge in [-0.1, -0.05) is 29.1 Å². The first-order chi connectivity index (χ1) is 13.2. The molecule has 11 heteroatoms. The Morgan fingerprint density at radius 2 is 2.19 bits per heavy atom. The van der Waals surface area contributed by atoms with Gasteiger partial charge in [-0.15, -0.1) is 21.5 Å². The molecule has 0 spiro atoms. The first kappa shape index (κ1) is 18.0. The number of hydrogen-bond acceptors (Lipinski definition) is 9. The zero-order chi connectivity index (χ0) is 18.8. The number of halogens is 1. The number of hydrogen-bond donors (Lipinski definition) is 1. The van der Waals surface area contributed by atoms with Crippen LogP contribution >= 0.6 is 39.0 Å². The van der Waals surface area contributed by atoms with Crippen LogP contribution in [0.25, 0.3) is 22.1 Å². The summed E-state index contributed by atoms with van der Waals surface area (Å²) in [6.07, 6.45) is 0. The van der Waals surface area contributed by atoms with Crippen LogP contribution in [0, 0.1) is 0 Å². The van der Waals surface area contributed by atoms with Gasteiger partial charge in [0.1, 0.15) is 5.75 Å². The number of methoxy groups -OCH3 is 1. The lowest BCUT2D eigenvalue weighted by Crippen LogP contribution is -2.12. The monoisotopic (exact) mass is 464 g/mol. The second-order valence-corrected chi connectivity index (χ2v) is 8.08. The summed E-state index contributed by atoms with van der Waals surface area (Å²) in [5, 5.41) is 14.8. The van der Waals surface area contributed by atoms with Crippen molar-refractivity contribution in [3.05, 3.63) is 46.1 Å². The van der Waals surface area contributed by atoms with Crippen LogP contribution < -0.4 is 10.6 Å². The molecule has 0 aliphatic heterocycles. The molecule has 4 rings (SSSR count). The summed E-state index contributed by atoms with van der Waals surface area (Å²) in [7, 11) is 1.60. The number of nitrogen functional groups attached to an aromatic ring is 1. The third-order valence-electron chi connectivity index (χ3n) is 3.59. The molecule has 138 valence electrons. The Kier molecular flexibility index (Phi) is 5.14. The van der Waals surface area contributed by atoms with Crippen molar-refractivity contribution in [1.82, 2.24) is 25.0 Å². The predicted octanol–water partition coefficient (Wildman–Crippen LogP) is 3.83. The topological polar surface area (TPSA) is 105 Å². The third-order valence-corrected chi connectivity index (χ3v) is 6.21. The van der Waals surface area contributed by atoms with E-state index in [4.69, 9.17) is 15.1 Å². The predicted molar refractivity (Wildman–Crippen MR) is 107 cm³/mol. The number of thiophene rings is 1. The zero-order valence-electron chi connectivity index (χ0n) is 14.0. The molecule has 8 nitrogen and oxygen atoms in total. The van der Waals surface area contributed by atoms with Gasteiger partial charge in [0.25, 0.3) is 0 Å². The van der Waals surface area contributed by atoms with E-state index in [1.807, 2.05) is 35.7 Å². The van der Waals surface area contributed by atoms with Gasteiger partial charge in [0, 0.05) is 9.85 Å². The molecule has 1 aromatic carbocycles. The number of ether oxygens (including phenoxy) is 1. The molecular formula is C16H13BrN6O2S2. The van der Waals surface area contributed by atoms with Crippen molar-refractivity contribution < 1.29 is 9.26 Å². The SMILES string of the molecule is COc1ccccc1-c1nnc(SCc2nc(-c3cc(Br)cs3)no2)n1N. The average Bonchev–Trinajstić information content (AvgIpc) is 3.40. The van der Waals surface area contributed by atoms with Gasteiger partial charge in [-0.05, 0) is 34.1 Å². The van der Waals surface area contributed by atoms with Gasteiger partial charge in [0.2, 0.25) is 16.9 Å². The largest absolute Gasteiger partial charge is 0.496 e. The maximum atomic E-state index is 6.17. The summed E-state index contributed by atoms with van der Waals surface area (Å²) >= 11 is 6.32. The number of nitrogens with two attached hydrogens (primary N) is 1.